The van der Waals surface area contributed by atoms with E-state index in [1.807, 2.05) is 42.5 Å². The van der Waals surface area contributed by atoms with Crippen LogP contribution in [0, 0.1) is 17.2 Å². The summed E-state index contributed by atoms with van der Waals surface area (Å²) in [6.07, 6.45) is 4.92. The second-order valence-electron chi connectivity index (χ2n) is 8.86. The van der Waals surface area contributed by atoms with Gasteiger partial charge in [0.15, 0.2) is 0 Å². The van der Waals surface area contributed by atoms with Crippen LogP contribution in [-0.4, -0.2) is 30.6 Å². The van der Waals surface area contributed by atoms with Crippen LogP contribution in [0.5, 0.6) is 5.75 Å². The molecule has 186 valence electrons. The number of nitriles is 1. The molecule has 2 heterocycles. The number of benzene rings is 1. The molecule has 1 atom stereocenters. The summed E-state index contributed by atoms with van der Waals surface area (Å²) in [4.78, 5) is 31.0. The lowest BCUT2D eigenvalue weighted by molar-refractivity contribution is -0.118. The van der Waals surface area contributed by atoms with Crippen LogP contribution in [0.15, 0.2) is 48.7 Å². The van der Waals surface area contributed by atoms with Crippen molar-refractivity contribution in [3.05, 3.63) is 80.8 Å². The van der Waals surface area contributed by atoms with Crippen molar-refractivity contribution in [3.63, 3.8) is 0 Å². The van der Waals surface area contributed by atoms with Gasteiger partial charge in [-0.05, 0) is 67.0 Å². The van der Waals surface area contributed by atoms with Crippen LogP contribution < -0.4 is 10.1 Å². The van der Waals surface area contributed by atoms with Gasteiger partial charge in [0.1, 0.15) is 17.6 Å². The molecule has 0 radical (unpaired) electrons. The van der Waals surface area contributed by atoms with E-state index in [2.05, 4.69) is 16.4 Å². The van der Waals surface area contributed by atoms with Crippen molar-refractivity contribution in [2.45, 2.75) is 45.1 Å². The molecule has 0 aliphatic heterocycles. The summed E-state index contributed by atoms with van der Waals surface area (Å²) in [6.45, 7) is 0.641. The van der Waals surface area contributed by atoms with Crippen molar-refractivity contribution >= 4 is 23.2 Å². The highest BCUT2D eigenvalue weighted by atomic mass is 32.1. The number of carbonyl (C=O) groups excluding carboxylic acids is 2. The van der Waals surface area contributed by atoms with E-state index in [0.29, 0.717) is 31.6 Å². The van der Waals surface area contributed by atoms with E-state index in [0.717, 1.165) is 51.6 Å². The van der Waals surface area contributed by atoms with Gasteiger partial charge in [0.2, 0.25) is 0 Å². The Morgan fingerprint density at radius 2 is 2.14 bits per heavy atom. The van der Waals surface area contributed by atoms with Crippen molar-refractivity contribution < 1.29 is 19.1 Å². The van der Waals surface area contributed by atoms with Crippen LogP contribution in [0.1, 0.15) is 45.0 Å². The van der Waals surface area contributed by atoms with Crippen molar-refractivity contribution in [3.8, 4) is 11.8 Å². The Bertz CT molecular complexity index is 1250. The number of aryl methyl sites for hydroxylation is 1. The summed E-state index contributed by atoms with van der Waals surface area (Å²) in [5.74, 6) is 1.10. The minimum atomic E-state index is -0.460. The van der Waals surface area contributed by atoms with E-state index in [9.17, 15) is 14.9 Å². The molecule has 0 saturated heterocycles. The number of ketones is 1. The fourth-order valence-electron chi connectivity index (χ4n) is 4.40. The normalized spacial score (nSPS) is 14.4. The van der Waals surface area contributed by atoms with Gasteiger partial charge in [-0.2, -0.15) is 5.26 Å². The topological polar surface area (TPSA) is 101 Å². The monoisotopic (exact) mass is 503 g/mol. The van der Waals surface area contributed by atoms with E-state index in [1.165, 1.54) is 0 Å². The number of hydrogen-bond acceptors (Lipinski definition) is 7. The number of fused-ring (bicyclic) bond motifs is 1. The number of rotatable bonds is 10. The van der Waals surface area contributed by atoms with Crippen LogP contribution in [0.2, 0.25) is 0 Å². The minimum absolute atomic E-state index is 0.123. The van der Waals surface area contributed by atoms with Gasteiger partial charge in [-0.3, -0.25) is 9.78 Å². The number of aromatic nitrogens is 1. The summed E-state index contributed by atoms with van der Waals surface area (Å²) >= 11 is 1.56. The molecule has 4 rings (SSSR count). The summed E-state index contributed by atoms with van der Waals surface area (Å²) in [7, 11) is 1.63. The number of carbonyl (C=O) groups is 2. The number of pyridine rings is 1. The third-order valence-corrected chi connectivity index (χ3v) is 7.58. The zero-order valence-electron chi connectivity index (χ0n) is 20.3. The first-order valence-corrected chi connectivity index (χ1v) is 12.9. The number of thiophene rings is 1. The van der Waals surface area contributed by atoms with Gasteiger partial charge in [-0.1, -0.05) is 18.2 Å². The number of alkyl carbamates (subject to hydrolysis) is 1. The van der Waals surface area contributed by atoms with Gasteiger partial charge in [0.25, 0.3) is 0 Å². The summed E-state index contributed by atoms with van der Waals surface area (Å²) in [5.41, 5.74) is 3.55. The summed E-state index contributed by atoms with van der Waals surface area (Å²) < 4.78 is 10.7. The van der Waals surface area contributed by atoms with E-state index < -0.39 is 6.09 Å². The molecular weight excluding hydrogens is 474 g/mol. The average Bonchev–Trinajstić information content (AvgIpc) is 3.26. The molecule has 2 aromatic heterocycles. The molecule has 7 nitrogen and oxygen atoms in total. The molecule has 1 aromatic carbocycles. The molecule has 1 aliphatic carbocycles. The first-order chi connectivity index (χ1) is 17.6. The Morgan fingerprint density at radius 3 is 2.92 bits per heavy atom. The van der Waals surface area contributed by atoms with E-state index in [1.54, 1.807) is 24.6 Å². The Hall–Kier alpha value is -3.70. The lowest BCUT2D eigenvalue weighted by atomic mass is 9.87. The zero-order valence-corrected chi connectivity index (χ0v) is 21.1. The van der Waals surface area contributed by atoms with Gasteiger partial charge in [-0.25, -0.2) is 4.79 Å². The molecule has 1 N–H and O–H groups in total. The highest BCUT2D eigenvalue weighted by molar-refractivity contribution is 7.12. The molecule has 0 saturated carbocycles. The number of nitrogens with one attached hydrogen (secondary N) is 1. The van der Waals surface area contributed by atoms with Crippen molar-refractivity contribution in [1.82, 2.24) is 10.3 Å². The number of amides is 1. The number of ether oxygens (including phenoxy) is 2. The molecule has 8 heteroatoms. The fraction of sp³-hybridized carbons (Fsp3) is 0.357. The van der Waals surface area contributed by atoms with Gasteiger partial charge >= 0.3 is 6.09 Å². The second-order valence-corrected chi connectivity index (χ2v) is 10.1. The van der Waals surface area contributed by atoms with Crippen molar-refractivity contribution in [1.29, 1.82) is 5.26 Å². The van der Waals surface area contributed by atoms with E-state index >= 15 is 0 Å². The molecule has 0 spiro atoms. The maximum Gasteiger partial charge on any atom is 0.407 e. The number of Topliss-reactive ketones (excluding diaryl/α,β-unsaturated/α-hetero) is 1. The second kappa shape index (κ2) is 12.3. The highest BCUT2D eigenvalue weighted by Gasteiger charge is 2.27. The first kappa shape index (κ1) is 25.4. The molecule has 0 bridgehead atoms. The van der Waals surface area contributed by atoms with Crippen LogP contribution in [0.4, 0.5) is 4.79 Å². The minimum Gasteiger partial charge on any atom is -0.497 e. The molecular formula is C28H29N3O4S. The summed E-state index contributed by atoms with van der Waals surface area (Å²) in [5, 5.41) is 12.5. The van der Waals surface area contributed by atoms with Gasteiger partial charge in [-0.15, -0.1) is 11.3 Å². The van der Waals surface area contributed by atoms with Crippen LogP contribution in [0.25, 0.3) is 0 Å². The predicted octanol–water partition coefficient (Wildman–Crippen LogP) is 4.80. The Labute approximate surface area is 215 Å². The van der Waals surface area contributed by atoms with E-state index in [-0.39, 0.29) is 18.1 Å². The third-order valence-electron chi connectivity index (χ3n) is 6.33. The average molecular weight is 504 g/mol. The molecule has 3 aromatic rings. The van der Waals surface area contributed by atoms with E-state index in [4.69, 9.17) is 9.47 Å². The quantitative estimate of drug-likeness (QED) is 0.427. The maximum absolute atomic E-state index is 12.7. The lowest BCUT2D eigenvalue weighted by Gasteiger charge is -2.22. The first-order valence-electron chi connectivity index (χ1n) is 12.0. The molecule has 1 amide bonds. The summed E-state index contributed by atoms with van der Waals surface area (Å²) in [6, 6.07) is 15.6. The van der Waals surface area contributed by atoms with Crippen LogP contribution >= 0.6 is 11.3 Å². The highest BCUT2D eigenvalue weighted by Crippen LogP contribution is 2.36. The van der Waals surface area contributed by atoms with Crippen LogP contribution in [0.3, 0.4) is 0 Å². The standard InChI is InChI=1S/C28H29N3O4S/c1-34-23-7-4-5-19(13-23)8-10-22(32)15-27-25(16-29)24-11-9-20(14-26(24)36-27)18-35-28(33)31-17-21-6-2-3-12-30-21/h2-7,12-13,20H,8-11,14-15,17-18H2,1H3,(H,31,33). The fourth-order valence-corrected chi connectivity index (χ4v) is 5.84. The van der Waals surface area contributed by atoms with Crippen molar-refractivity contribution in [2.75, 3.05) is 13.7 Å². The third kappa shape index (κ3) is 6.70. The number of hydrogen-bond donors (Lipinski definition) is 1. The predicted molar refractivity (Wildman–Crippen MR) is 137 cm³/mol. The molecule has 0 fully saturated rings. The van der Waals surface area contributed by atoms with Crippen LogP contribution in [-0.2, 0) is 41.8 Å². The van der Waals surface area contributed by atoms with Gasteiger partial charge < -0.3 is 14.8 Å². The Balaban J connectivity index is 1.28. The zero-order chi connectivity index (χ0) is 25.3. The van der Waals surface area contributed by atoms with Gasteiger partial charge in [0, 0.05) is 28.8 Å². The number of methoxy groups -OCH3 is 1. The SMILES string of the molecule is COc1cccc(CCC(=O)Cc2sc3c(c2C#N)CCC(COC(=O)NCc2ccccn2)C3)c1. The lowest BCUT2D eigenvalue weighted by Crippen LogP contribution is -2.28. The molecule has 1 aliphatic rings. The largest absolute Gasteiger partial charge is 0.497 e. The number of nitrogens with zero attached hydrogens (tertiary/aromatic N) is 2. The van der Waals surface area contributed by atoms with Gasteiger partial charge in [0.05, 0.1) is 31.5 Å². The Morgan fingerprint density at radius 1 is 1.25 bits per heavy atom. The maximum atomic E-state index is 12.7. The molecule has 36 heavy (non-hydrogen) atoms. The Kier molecular flexibility index (Phi) is 8.69. The van der Waals surface area contributed by atoms with Crippen molar-refractivity contribution in [2.24, 2.45) is 5.92 Å². The molecule has 1 unspecified atom stereocenters. The smallest absolute Gasteiger partial charge is 0.407 e.